The van der Waals surface area contributed by atoms with E-state index in [0.717, 1.165) is 19.3 Å². The molecule has 97 heavy (non-hydrogen) atoms. The number of aliphatic hydroxyl groups excluding tert-OH is 16. The van der Waals surface area contributed by atoms with Crippen LogP contribution in [0.4, 0.5) is 0 Å². The minimum atomic E-state index is -1.11. The normalized spacial score (nSPS) is 23.1. The number of ether oxygens (including phenoxy) is 1. The molecule has 0 spiro atoms. The molecule has 0 radical (unpaired) electrons. The van der Waals surface area contributed by atoms with E-state index < -0.39 is 116 Å². The van der Waals surface area contributed by atoms with Gasteiger partial charge in [0.05, 0.1) is 85.5 Å². The molecule has 22 nitrogen and oxygen atoms in total. The number of amides is 1. The van der Waals surface area contributed by atoms with E-state index in [9.17, 15) is 96.1 Å². The molecule has 552 valence electrons. The first-order chi connectivity index (χ1) is 45.9. The Morgan fingerprint density at radius 3 is 1.56 bits per heavy atom. The summed E-state index contributed by atoms with van der Waals surface area (Å²) in [4.78, 5) is 35.3. The number of hydrogen-bond donors (Lipinski definition) is 18. The highest BCUT2D eigenvalue weighted by molar-refractivity contribution is 6.03. The van der Waals surface area contributed by atoms with Crippen LogP contribution >= 0.6 is 0 Å². The van der Waals surface area contributed by atoms with Crippen molar-refractivity contribution in [1.82, 2.24) is 5.32 Å². The van der Waals surface area contributed by atoms with Gasteiger partial charge in [-0.2, -0.15) is 0 Å². The monoisotopic (exact) mass is 1370 g/mol. The Hall–Kier alpha value is -5.45. The number of nitrogens with one attached hydrogen (secondary N) is 1. The Kier molecular flexibility index (Phi) is 51.3. The van der Waals surface area contributed by atoms with Gasteiger partial charge in [-0.15, -0.1) is 0 Å². The maximum Gasteiger partial charge on any atom is 0.248 e. The van der Waals surface area contributed by atoms with Gasteiger partial charge in [0.2, 0.25) is 5.91 Å². The number of carbonyl (C=O) groups is 3. The van der Waals surface area contributed by atoms with Crippen LogP contribution < -0.4 is 11.1 Å². The number of nitrogens with two attached hydrogens (primary N) is 1. The van der Waals surface area contributed by atoms with Crippen molar-refractivity contribution in [2.75, 3.05) is 6.54 Å². The van der Waals surface area contributed by atoms with Gasteiger partial charge in [-0.1, -0.05) is 181 Å². The lowest BCUT2D eigenvalue weighted by Crippen LogP contribution is -2.57. The van der Waals surface area contributed by atoms with E-state index in [1.54, 1.807) is 50.3 Å². The van der Waals surface area contributed by atoms with Gasteiger partial charge >= 0.3 is 0 Å². The molecule has 20 atom stereocenters. The van der Waals surface area contributed by atoms with E-state index in [0.29, 0.717) is 19.4 Å². The van der Waals surface area contributed by atoms with E-state index in [1.165, 1.54) is 31.2 Å². The second-order valence-corrected chi connectivity index (χ2v) is 25.5. The molecule has 0 bridgehead atoms. The zero-order chi connectivity index (χ0) is 73.4. The molecule has 0 saturated carbocycles. The van der Waals surface area contributed by atoms with Crippen LogP contribution in [-0.4, -0.2) is 209 Å². The summed E-state index contributed by atoms with van der Waals surface area (Å²) in [6, 6.07) is 0. The van der Waals surface area contributed by atoms with E-state index in [4.69, 9.17) is 10.5 Å². The van der Waals surface area contributed by atoms with Crippen molar-refractivity contribution in [3.8, 4) is 0 Å². The number of hydrogen-bond acceptors (Lipinski definition) is 21. The fraction of sp³-hybridized carbons (Fsp3) is 0.613. The largest absolute Gasteiger partial charge is 0.510 e. The molecule has 1 aliphatic carbocycles. The van der Waals surface area contributed by atoms with Crippen LogP contribution in [0.3, 0.4) is 0 Å². The number of ketones is 2. The molecule has 1 amide bonds. The number of Topliss-reactive ketones (excluding diaryl/α,β-unsaturated/α-hetero) is 2. The van der Waals surface area contributed by atoms with E-state index >= 15 is 0 Å². The van der Waals surface area contributed by atoms with Crippen LogP contribution in [0.1, 0.15) is 158 Å². The lowest BCUT2D eigenvalue weighted by atomic mass is 9.88. The van der Waals surface area contributed by atoms with Crippen LogP contribution in [0.2, 0.25) is 0 Å². The molecule has 0 aromatic carbocycles. The van der Waals surface area contributed by atoms with E-state index in [-0.39, 0.29) is 111 Å². The predicted molar refractivity (Wildman–Crippen MR) is 379 cm³/mol. The molecule has 1 heterocycles. The number of rotatable bonds is 44. The lowest BCUT2D eigenvalue weighted by molar-refractivity contribution is -0.226. The highest BCUT2D eigenvalue weighted by Gasteiger charge is 2.42. The van der Waals surface area contributed by atoms with Gasteiger partial charge in [0.1, 0.15) is 35.6 Å². The van der Waals surface area contributed by atoms with Gasteiger partial charge in [-0.3, -0.25) is 14.4 Å². The molecular weight excluding hydrogens is 1250 g/mol. The number of allylic oxidation sites excluding steroid dienone is 19. The number of unbranched alkanes of at least 4 members (excludes halogenated alkanes) is 1. The summed E-state index contributed by atoms with van der Waals surface area (Å²) < 4.78 is 5.38. The molecule has 22 heteroatoms. The minimum absolute atomic E-state index is 0.00655. The molecule has 20 unspecified atom stereocenters. The molecule has 2 aliphatic rings. The maximum atomic E-state index is 11.9. The molecule has 0 aromatic heterocycles. The first kappa shape index (κ1) is 91.5. The molecule has 1 fully saturated rings. The van der Waals surface area contributed by atoms with Crippen molar-refractivity contribution in [3.63, 3.8) is 0 Å². The first-order valence-electron chi connectivity index (χ1n) is 34.2. The third-order valence-electron chi connectivity index (χ3n) is 16.0. The highest BCUT2D eigenvalue weighted by atomic mass is 16.5. The Morgan fingerprint density at radius 1 is 0.557 bits per heavy atom. The molecule has 0 aromatic rings. The zero-order valence-corrected chi connectivity index (χ0v) is 58.4. The quantitative estimate of drug-likeness (QED) is 0.0151. The van der Waals surface area contributed by atoms with Crippen LogP contribution in [0.5, 0.6) is 0 Å². The average Bonchev–Trinajstić information content (AvgIpc) is 1.44. The van der Waals surface area contributed by atoms with Crippen molar-refractivity contribution in [2.24, 2.45) is 29.4 Å². The lowest BCUT2D eigenvalue weighted by Gasteiger charge is -2.41. The van der Waals surface area contributed by atoms with Crippen LogP contribution in [0.25, 0.3) is 0 Å². The second kappa shape index (κ2) is 54.4. The minimum Gasteiger partial charge on any atom is -0.510 e. The Balaban J connectivity index is 0.00000160. The Labute approximate surface area is 576 Å². The van der Waals surface area contributed by atoms with E-state index in [2.05, 4.69) is 18.3 Å². The highest BCUT2D eigenvalue weighted by Crippen LogP contribution is 2.26. The maximum absolute atomic E-state index is 11.9. The zero-order valence-electron chi connectivity index (χ0n) is 58.4. The number of aliphatic hydroxyl groups is 16. The second-order valence-electron chi connectivity index (χ2n) is 25.5. The number of carbonyl (C=O) groups excluding carboxylic acids is 3. The topological polar surface area (TPSA) is 422 Å². The van der Waals surface area contributed by atoms with Crippen LogP contribution in [0.15, 0.2) is 157 Å². The summed E-state index contributed by atoms with van der Waals surface area (Å²) in [6.07, 6.45) is 32.5. The molecule has 1 saturated heterocycles. The summed E-state index contributed by atoms with van der Waals surface area (Å²) >= 11 is 0. The van der Waals surface area contributed by atoms with Gasteiger partial charge in [-0.25, -0.2) is 0 Å². The van der Waals surface area contributed by atoms with Gasteiger partial charge in [0.25, 0.3) is 0 Å². The van der Waals surface area contributed by atoms with Gasteiger partial charge < -0.3 is 97.5 Å². The average molecular weight is 1370 g/mol. The van der Waals surface area contributed by atoms with Gasteiger partial charge in [0, 0.05) is 55.9 Å². The molecule has 2 rings (SSSR count). The van der Waals surface area contributed by atoms with Crippen molar-refractivity contribution in [2.45, 2.75) is 262 Å². The summed E-state index contributed by atoms with van der Waals surface area (Å²) in [5.41, 5.74) is 5.39. The Bertz CT molecular complexity index is 2550. The molecular formula is C75H122N2O20. The fourth-order valence-corrected chi connectivity index (χ4v) is 9.89. The van der Waals surface area contributed by atoms with Gasteiger partial charge in [-0.05, 0) is 96.9 Å². The van der Waals surface area contributed by atoms with Crippen molar-refractivity contribution in [3.05, 3.63) is 157 Å². The summed E-state index contributed by atoms with van der Waals surface area (Å²) in [6.45, 7) is 14.9. The molecule has 19 N–H and O–H groups in total. The van der Waals surface area contributed by atoms with Crippen molar-refractivity contribution in [1.29, 1.82) is 0 Å². The van der Waals surface area contributed by atoms with Crippen molar-refractivity contribution < 1.29 is 101 Å². The third-order valence-corrected chi connectivity index (χ3v) is 16.0. The van der Waals surface area contributed by atoms with Crippen molar-refractivity contribution >= 4 is 17.5 Å². The SMILES string of the molecule is CC(C)C1OC(C)C(O)C(O)C1O.CC(O)C(C)C(=O)CC(O)CC(O)CC(O)/C=C/CC(O)CC(O)CC(O)CC(O)/C=C/CC(O)CC(O)CCCN.CC/C=C/C=C/C=C/C=C/C=C/C(O)C(C)C(O)C(C)/C=C/CC/C=C/C=C/C=C/C=C/C(=O)NC1=C(O)CCC1=O. The standard InChI is InChI=1S/C36H47NO5.C30H57NO11.C9H18O4/c1-4-5-6-7-8-9-13-16-19-22-25-31(38)30(3)36(42)29(2)24-21-18-15-12-10-11-14-17-20-23-26-34(41)37-35-32(39)27-28-33(35)40;1-19(20(2)32)30(42)18-29(41)17-28(40)15-24(36)9-4-8-23(35)14-27(39)16-26(38)13-22(34)7-3-6-21(33)12-25(37)10-5-11-31;1-4(2)9-8(12)7(11)6(10)5(3)13-9/h5-14,16-17,19-26,29-31,36,38-39,42H,4,15,18,27-28H2,1-3H3,(H,37,41);3-4,7,9,19-29,32-41H,5-6,8,10-18,31H2,1-2H3;4-12H,1-3H3/b6-5+,8-7+,12-10+,13-9+,14-11+,19-16+,20-17+,24-21+,25-22+,26-23+;7-3+,9-4+;. The van der Waals surface area contributed by atoms with Crippen LogP contribution in [-0.2, 0) is 19.1 Å². The van der Waals surface area contributed by atoms with Gasteiger partial charge in [0.15, 0.2) is 5.78 Å². The third kappa shape index (κ3) is 44.3. The first-order valence-corrected chi connectivity index (χ1v) is 34.2. The van der Waals surface area contributed by atoms with Crippen LogP contribution in [0, 0.1) is 23.7 Å². The Morgan fingerprint density at radius 2 is 1.04 bits per heavy atom. The summed E-state index contributed by atoms with van der Waals surface area (Å²) in [7, 11) is 0. The smallest absolute Gasteiger partial charge is 0.248 e. The summed E-state index contributed by atoms with van der Waals surface area (Å²) in [5, 5.41) is 161. The van der Waals surface area contributed by atoms with E-state index in [1.807, 2.05) is 107 Å². The summed E-state index contributed by atoms with van der Waals surface area (Å²) in [5.74, 6) is -2.00. The fourth-order valence-electron chi connectivity index (χ4n) is 9.89. The molecule has 1 aliphatic heterocycles. The predicted octanol–water partition coefficient (Wildman–Crippen LogP) is 5.68.